The average molecular weight is 266 g/mol. The Balaban J connectivity index is 2.22. The number of ether oxygens (including phenoxy) is 1. The molecule has 1 atom stereocenters. The van der Waals surface area contributed by atoms with Gasteiger partial charge in [-0.3, -0.25) is 0 Å². The Labute approximate surface area is 111 Å². The summed E-state index contributed by atoms with van der Waals surface area (Å²) in [5.74, 6) is 0.834. The Hall–Kier alpha value is -1.39. The number of methoxy groups -OCH3 is 1. The molecule has 96 valence electrons. The third-order valence-corrected chi connectivity index (χ3v) is 2.97. The summed E-state index contributed by atoms with van der Waals surface area (Å²) < 4.78 is 5.06. The van der Waals surface area contributed by atoms with Crippen molar-refractivity contribution < 1.29 is 4.74 Å². The molecule has 18 heavy (non-hydrogen) atoms. The van der Waals surface area contributed by atoms with Crippen LogP contribution in [0.15, 0.2) is 24.5 Å². The van der Waals surface area contributed by atoms with Crippen molar-refractivity contribution in [1.29, 1.82) is 0 Å². The van der Waals surface area contributed by atoms with Gasteiger partial charge in [-0.2, -0.15) is 0 Å². The van der Waals surface area contributed by atoms with Crippen molar-refractivity contribution in [3.05, 3.63) is 29.5 Å². The Morgan fingerprint density at radius 1 is 1.39 bits per heavy atom. The minimum Gasteiger partial charge on any atom is -0.385 e. The van der Waals surface area contributed by atoms with Crippen LogP contribution >= 0.6 is 11.6 Å². The molecule has 0 bridgehead atoms. The highest BCUT2D eigenvalue weighted by Gasteiger charge is 2.07. The second kappa shape index (κ2) is 5.98. The van der Waals surface area contributed by atoms with Crippen LogP contribution in [0.1, 0.15) is 13.3 Å². The maximum atomic E-state index is 5.95. The fourth-order valence-corrected chi connectivity index (χ4v) is 1.91. The van der Waals surface area contributed by atoms with Crippen molar-refractivity contribution in [2.45, 2.75) is 19.4 Å². The van der Waals surface area contributed by atoms with Crippen molar-refractivity contribution in [3.63, 3.8) is 0 Å². The van der Waals surface area contributed by atoms with E-state index in [1.54, 1.807) is 13.4 Å². The number of benzene rings is 1. The Bertz CT molecular complexity index is 533. The molecule has 2 rings (SSSR count). The van der Waals surface area contributed by atoms with Crippen LogP contribution in [0.2, 0.25) is 5.02 Å². The number of nitrogens with one attached hydrogen (secondary N) is 1. The van der Waals surface area contributed by atoms with Crippen molar-refractivity contribution in [2.75, 3.05) is 19.0 Å². The number of nitrogens with zero attached hydrogens (tertiary/aromatic N) is 2. The zero-order chi connectivity index (χ0) is 13.0. The Morgan fingerprint density at radius 2 is 2.22 bits per heavy atom. The summed E-state index contributed by atoms with van der Waals surface area (Å²) in [5.41, 5.74) is 0.846. The van der Waals surface area contributed by atoms with Crippen LogP contribution in [0.4, 0.5) is 5.82 Å². The molecule has 0 aliphatic carbocycles. The number of fused-ring (bicyclic) bond motifs is 1. The van der Waals surface area contributed by atoms with Gasteiger partial charge in [0.1, 0.15) is 12.1 Å². The van der Waals surface area contributed by atoms with Gasteiger partial charge in [-0.05, 0) is 31.5 Å². The van der Waals surface area contributed by atoms with E-state index in [0.717, 1.165) is 29.7 Å². The van der Waals surface area contributed by atoms with E-state index in [1.165, 1.54) is 0 Å². The normalized spacial score (nSPS) is 12.6. The van der Waals surface area contributed by atoms with E-state index in [9.17, 15) is 0 Å². The van der Waals surface area contributed by atoms with Gasteiger partial charge in [0.25, 0.3) is 0 Å². The van der Waals surface area contributed by atoms with Gasteiger partial charge in [0, 0.05) is 30.2 Å². The second-order valence-corrected chi connectivity index (χ2v) is 4.65. The molecule has 2 aromatic rings. The average Bonchev–Trinajstić information content (AvgIpc) is 2.36. The molecule has 0 aliphatic rings. The van der Waals surface area contributed by atoms with E-state index in [4.69, 9.17) is 16.3 Å². The van der Waals surface area contributed by atoms with Gasteiger partial charge in [0.2, 0.25) is 0 Å². The van der Waals surface area contributed by atoms with E-state index < -0.39 is 0 Å². The summed E-state index contributed by atoms with van der Waals surface area (Å²) in [6.07, 6.45) is 2.47. The highest BCUT2D eigenvalue weighted by molar-refractivity contribution is 6.31. The topological polar surface area (TPSA) is 47.0 Å². The number of hydrogen-bond acceptors (Lipinski definition) is 4. The molecular formula is C13H16ClN3O. The summed E-state index contributed by atoms with van der Waals surface area (Å²) in [5, 5.41) is 5.02. The highest BCUT2D eigenvalue weighted by Crippen LogP contribution is 2.23. The largest absolute Gasteiger partial charge is 0.385 e. The van der Waals surface area contributed by atoms with Gasteiger partial charge in [-0.1, -0.05) is 11.6 Å². The maximum absolute atomic E-state index is 5.95. The molecular weight excluding hydrogens is 250 g/mol. The molecule has 0 fully saturated rings. The predicted octanol–water partition coefficient (Wildman–Crippen LogP) is 3.12. The predicted molar refractivity (Wildman–Crippen MR) is 74.1 cm³/mol. The van der Waals surface area contributed by atoms with Crippen molar-refractivity contribution in [1.82, 2.24) is 9.97 Å². The van der Waals surface area contributed by atoms with Crippen molar-refractivity contribution in [2.24, 2.45) is 0 Å². The van der Waals surface area contributed by atoms with Gasteiger partial charge < -0.3 is 10.1 Å². The number of hydrogen-bond donors (Lipinski definition) is 1. The van der Waals surface area contributed by atoms with Crippen molar-refractivity contribution in [3.8, 4) is 0 Å². The van der Waals surface area contributed by atoms with Crippen LogP contribution in [0, 0.1) is 0 Å². The standard InChI is InChI=1S/C13H16ClN3O/c1-9(5-6-18-2)17-13-11-4-3-10(14)7-12(11)15-8-16-13/h3-4,7-9H,5-6H2,1-2H3,(H,15,16,17). The third-order valence-electron chi connectivity index (χ3n) is 2.74. The minimum absolute atomic E-state index is 0.290. The number of rotatable bonds is 5. The summed E-state index contributed by atoms with van der Waals surface area (Å²) in [6.45, 7) is 2.83. The first-order valence-electron chi connectivity index (χ1n) is 5.86. The summed E-state index contributed by atoms with van der Waals surface area (Å²) in [6, 6.07) is 5.91. The number of halogens is 1. The lowest BCUT2D eigenvalue weighted by molar-refractivity contribution is 0.191. The molecule has 0 spiro atoms. The van der Waals surface area contributed by atoms with Crippen LogP contribution in [0.5, 0.6) is 0 Å². The molecule has 1 heterocycles. The maximum Gasteiger partial charge on any atom is 0.137 e. The molecule has 0 aliphatic heterocycles. The van der Waals surface area contributed by atoms with Crippen molar-refractivity contribution >= 4 is 28.3 Å². The van der Waals surface area contributed by atoms with E-state index in [2.05, 4.69) is 22.2 Å². The fraction of sp³-hybridized carbons (Fsp3) is 0.385. The first kappa shape index (κ1) is 13.1. The van der Waals surface area contributed by atoms with Gasteiger partial charge in [-0.25, -0.2) is 9.97 Å². The smallest absolute Gasteiger partial charge is 0.137 e. The molecule has 0 saturated heterocycles. The van der Waals surface area contributed by atoms with Crippen LogP contribution in [-0.4, -0.2) is 29.7 Å². The molecule has 1 N–H and O–H groups in total. The van der Waals surface area contributed by atoms with Gasteiger partial charge in [0.15, 0.2) is 0 Å². The van der Waals surface area contributed by atoms with E-state index >= 15 is 0 Å². The Kier molecular flexibility index (Phi) is 4.33. The lowest BCUT2D eigenvalue weighted by atomic mass is 10.2. The summed E-state index contributed by atoms with van der Waals surface area (Å²) >= 11 is 5.95. The molecule has 0 saturated carbocycles. The van der Waals surface area contributed by atoms with Crippen LogP contribution in [0.25, 0.3) is 10.9 Å². The first-order valence-corrected chi connectivity index (χ1v) is 6.24. The molecule has 5 heteroatoms. The quantitative estimate of drug-likeness (QED) is 0.902. The van der Waals surface area contributed by atoms with Crippen LogP contribution in [-0.2, 0) is 4.74 Å². The van der Waals surface area contributed by atoms with E-state index in [1.807, 2.05) is 18.2 Å². The Morgan fingerprint density at radius 3 is 3.00 bits per heavy atom. The molecule has 1 unspecified atom stereocenters. The number of anilines is 1. The zero-order valence-electron chi connectivity index (χ0n) is 10.5. The van der Waals surface area contributed by atoms with Gasteiger partial charge >= 0.3 is 0 Å². The molecule has 1 aromatic heterocycles. The van der Waals surface area contributed by atoms with E-state index in [0.29, 0.717) is 11.1 Å². The van der Waals surface area contributed by atoms with Crippen LogP contribution in [0.3, 0.4) is 0 Å². The summed E-state index contributed by atoms with van der Waals surface area (Å²) in [7, 11) is 1.70. The SMILES string of the molecule is COCCC(C)Nc1ncnc2cc(Cl)ccc12. The monoisotopic (exact) mass is 265 g/mol. The second-order valence-electron chi connectivity index (χ2n) is 4.21. The summed E-state index contributed by atoms with van der Waals surface area (Å²) in [4.78, 5) is 8.49. The first-order chi connectivity index (χ1) is 8.70. The van der Waals surface area contributed by atoms with Crippen LogP contribution < -0.4 is 5.32 Å². The number of aromatic nitrogens is 2. The third kappa shape index (κ3) is 3.09. The van der Waals surface area contributed by atoms with E-state index in [-0.39, 0.29) is 0 Å². The molecule has 0 amide bonds. The zero-order valence-corrected chi connectivity index (χ0v) is 11.2. The molecule has 1 aromatic carbocycles. The highest BCUT2D eigenvalue weighted by atomic mass is 35.5. The molecule has 0 radical (unpaired) electrons. The van der Waals surface area contributed by atoms with Gasteiger partial charge in [-0.15, -0.1) is 0 Å². The minimum atomic E-state index is 0.290. The van der Waals surface area contributed by atoms with Gasteiger partial charge in [0.05, 0.1) is 5.52 Å². The lowest BCUT2D eigenvalue weighted by Crippen LogP contribution is -2.18. The fourth-order valence-electron chi connectivity index (χ4n) is 1.75. The molecule has 4 nitrogen and oxygen atoms in total. The lowest BCUT2D eigenvalue weighted by Gasteiger charge is -2.15.